The van der Waals surface area contributed by atoms with Gasteiger partial charge < -0.3 is 5.11 Å². The molecule has 1 aromatic rings. The van der Waals surface area contributed by atoms with Crippen LogP contribution in [0.4, 0.5) is 0 Å². The third kappa shape index (κ3) is 5.70. The van der Waals surface area contributed by atoms with E-state index < -0.39 is 12.0 Å². The van der Waals surface area contributed by atoms with Crippen molar-refractivity contribution in [3.05, 3.63) is 35.4 Å². The molecule has 0 amide bonds. The van der Waals surface area contributed by atoms with Gasteiger partial charge in [-0.05, 0) is 35.3 Å². The zero-order valence-corrected chi connectivity index (χ0v) is 13.7. The number of hydrogen-bond donors (Lipinski definition) is 1. The lowest BCUT2D eigenvalue weighted by Gasteiger charge is -2.13. The van der Waals surface area contributed by atoms with Crippen LogP contribution in [0, 0.1) is 11.8 Å². The van der Waals surface area contributed by atoms with E-state index in [0.29, 0.717) is 5.92 Å². The Balaban J connectivity index is 2.64. The zero-order valence-electron chi connectivity index (χ0n) is 13.7. The van der Waals surface area contributed by atoms with Gasteiger partial charge >= 0.3 is 5.97 Å². The summed E-state index contributed by atoms with van der Waals surface area (Å²) in [5.74, 6) is -0.0677. The van der Waals surface area contributed by atoms with E-state index >= 15 is 0 Å². The average Bonchev–Trinajstić information content (AvgIpc) is 2.38. The van der Waals surface area contributed by atoms with Crippen molar-refractivity contribution >= 4 is 12.2 Å². The van der Waals surface area contributed by atoms with Crippen molar-refractivity contribution in [1.82, 2.24) is 0 Å². The summed E-state index contributed by atoms with van der Waals surface area (Å²) in [6.07, 6.45) is 2.67. The number of carboxylic acid groups (broad SMARTS) is 1. The summed E-state index contributed by atoms with van der Waals surface area (Å²) in [4.78, 5) is 15.3. The maximum atomic E-state index is 11.1. The molecule has 0 aliphatic rings. The van der Waals surface area contributed by atoms with Gasteiger partial charge in [-0.1, -0.05) is 58.9 Å². The normalized spacial score (nSPS) is 14.8. The fourth-order valence-corrected chi connectivity index (χ4v) is 2.22. The minimum atomic E-state index is -0.852. The molecule has 0 saturated carbocycles. The smallest absolute Gasteiger partial charge is 0.328 e. The lowest BCUT2D eigenvalue weighted by atomic mass is 9.97. The number of carbonyl (C=O) groups is 1. The number of nitrogens with zero attached hydrogens (tertiary/aromatic N) is 1. The van der Waals surface area contributed by atoms with Gasteiger partial charge in [-0.25, -0.2) is 4.79 Å². The highest BCUT2D eigenvalue weighted by atomic mass is 16.4. The molecule has 0 fully saturated rings. The Morgan fingerprint density at radius 3 is 2.14 bits per heavy atom. The highest BCUT2D eigenvalue weighted by molar-refractivity contribution is 5.76. The molecule has 0 aliphatic heterocycles. The molecule has 2 atom stereocenters. The number of rotatable bonds is 7. The predicted octanol–water partition coefficient (Wildman–Crippen LogP) is 4.17. The topological polar surface area (TPSA) is 49.7 Å². The fraction of sp³-hybridized carbons (Fsp3) is 0.556. The van der Waals surface area contributed by atoms with E-state index in [1.165, 1.54) is 11.1 Å². The molecule has 0 aromatic heterocycles. The highest BCUT2D eigenvalue weighted by Crippen LogP contribution is 2.16. The van der Waals surface area contributed by atoms with E-state index in [4.69, 9.17) is 5.11 Å². The number of aliphatic carboxylic acids is 1. The summed E-state index contributed by atoms with van der Waals surface area (Å²) in [5, 5.41) is 9.12. The first-order valence-corrected chi connectivity index (χ1v) is 7.66. The second-order valence-corrected chi connectivity index (χ2v) is 6.40. The van der Waals surface area contributed by atoms with E-state index in [9.17, 15) is 4.79 Å². The molecule has 0 bridgehead atoms. The Labute approximate surface area is 128 Å². The Morgan fingerprint density at radius 2 is 1.71 bits per heavy atom. The quantitative estimate of drug-likeness (QED) is 0.766. The molecule has 0 spiro atoms. The van der Waals surface area contributed by atoms with Crippen molar-refractivity contribution in [3.8, 4) is 0 Å². The fourth-order valence-electron chi connectivity index (χ4n) is 2.22. The van der Waals surface area contributed by atoms with Gasteiger partial charge in [0, 0.05) is 6.21 Å². The van der Waals surface area contributed by atoms with Crippen molar-refractivity contribution in [1.29, 1.82) is 0 Å². The zero-order chi connectivity index (χ0) is 16.0. The Hall–Kier alpha value is -1.64. The Morgan fingerprint density at radius 1 is 1.14 bits per heavy atom. The highest BCUT2D eigenvalue weighted by Gasteiger charge is 2.19. The van der Waals surface area contributed by atoms with Crippen LogP contribution in [0.25, 0.3) is 0 Å². The van der Waals surface area contributed by atoms with Gasteiger partial charge in [0.25, 0.3) is 0 Å². The van der Waals surface area contributed by atoms with Crippen LogP contribution < -0.4 is 0 Å². The summed E-state index contributed by atoms with van der Waals surface area (Å²) in [5.41, 5.74) is 2.60. The third-order valence-electron chi connectivity index (χ3n) is 3.59. The van der Waals surface area contributed by atoms with Crippen LogP contribution in [0.2, 0.25) is 0 Å². The molecule has 0 radical (unpaired) electrons. The summed E-state index contributed by atoms with van der Waals surface area (Å²) in [6.45, 7) is 10.2. The summed E-state index contributed by atoms with van der Waals surface area (Å²) in [6, 6.07) is 7.99. The molecule has 2 unspecified atom stereocenters. The number of aliphatic imine (C=N–C) groups is 1. The van der Waals surface area contributed by atoms with E-state index in [1.54, 1.807) is 6.21 Å². The van der Waals surface area contributed by atoms with Crippen LogP contribution in [-0.4, -0.2) is 23.3 Å². The van der Waals surface area contributed by atoms with E-state index in [2.05, 4.69) is 50.0 Å². The Kier molecular flexibility index (Phi) is 6.60. The van der Waals surface area contributed by atoms with Crippen molar-refractivity contribution in [2.24, 2.45) is 16.8 Å². The van der Waals surface area contributed by atoms with Gasteiger partial charge in [-0.2, -0.15) is 0 Å². The van der Waals surface area contributed by atoms with Crippen molar-refractivity contribution in [2.75, 3.05) is 0 Å². The van der Waals surface area contributed by atoms with Crippen LogP contribution in [-0.2, 0) is 11.2 Å². The molecule has 1 rings (SSSR count). The van der Waals surface area contributed by atoms with Crippen LogP contribution >= 0.6 is 0 Å². The minimum absolute atomic E-state index is 0.0104. The first kappa shape index (κ1) is 17.4. The minimum Gasteiger partial charge on any atom is -0.480 e. The summed E-state index contributed by atoms with van der Waals surface area (Å²) < 4.78 is 0. The SMILES string of the molecule is CC(C=NC(C(=O)O)C(C)C)Cc1ccc(C(C)C)cc1. The second-order valence-electron chi connectivity index (χ2n) is 6.40. The number of benzene rings is 1. The third-order valence-corrected chi connectivity index (χ3v) is 3.59. The van der Waals surface area contributed by atoms with E-state index in [1.807, 2.05) is 13.8 Å². The van der Waals surface area contributed by atoms with E-state index in [0.717, 1.165) is 6.42 Å². The van der Waals surface area contributed by atoms with Gasteiger partial charge in [-0.15, -0.1) is 0 Å². The summed E-state index contributed by atoms with van der Waals surface area (Å²) in [7, 11) is 0. The van der Waals surface area contributed by atoms with Crippen LogP contribution in [0.5, 0.6) is 0 Å². The molecule has 0 heterocycles. The van der Waals surface area contributed by atoms with Gasteiger partial charge in [0.1, 0.15) is 6.04 Å². The average molecular weight is 289 g/mol. The van der Waals surface area contributed by atoms with Crippen molar-refractivity contribution < 1.29 is 9.90 Å². The van der Waals surface area contributed by atoms with Gasteiger partial charge in [-0.3, -0.25) is 4.99 Å². The van der Waals surface area contributed by atoms with Crippen molar-refractivity contribution in [3.63, 3.8) is 0 Å². The molecular formula is C18H27NO2. The number of carboxylic acids is 1. The molecule has 1 N–H and O–H groups in total. The van der Waals surface area contributed by atoms with Crippen LogP contribution in [0.3, 0.4) is 0 Å². The van der Waals surface area contributed by atoms with E-state index in [-0.39, 0.29) is 11.8 Å². The van der Waals surface area contributed by atoms with Gasteiger partial charge in [0.2, 0.25) is 0 Å². The van der Waals surface area contributed by atoms with Crippen LogP contribution in [0.15, 0.2) is 29.3 Å². The molecule has 1 aromatic carbocycles. The maximum Gasteiger partial charge on any atom is 0.328 e. The molecule has 116 valence electrons. The summed E-state index contributed by atoms with van der Waals surface area (Å²) >= 11 is 0. The largest absolute Gasteiger partial charge is 0.480 e. The standard InChI is InChI=1S/C18H27NO2/c1-12(2)16-8-6-15(7-9-16)10-14(5)11-19-17(13(3)4)18(20)21/h6-9,11-14,17H,10H2,1-5H3,(H,20,21). The first-order chi connectivity index (χ1) is 9.81. The first-order valence-electron chi connectivity index (χ1n) is 7.66. The Bertz CT molecular complexity index is 474. The molecule has 3 heteroatoms. The van der Waals surface area contributed by atoms with Gasteiger partial charge in [0.05, 0.1) is 0 Å². The predicted molar refractivity (Wildman–Crippen MR) is 88.2 cm³/mol. The molecule has 3 nitrogen and oxygen atoms in total. The van der Waals surface area contributed by atoms with Crippen molar-refractivity contribution in [2.45, 2.75) is 53.0 Å². The lowest BCUT2D eigenvalue weighted by Crippen LogP contribution is -2.24. The molecular weight excluding hydrogens is 262 g/mol. The lowest BCUT2D eigenvalue weighted by molar-refractivity contribution is -0.139. The molecule has 0 saturated heterocycles. The second kappa shape index (κ2) is 7.96. The molecule has 21 heavy (non-hydrogen) atoms. The van der Waals surface area contributed by atoms with Crippen LogP contribution in [0.1, 0.15) is 51.7 Å². The number of hydrogen-bond acceptors (Lipinski definition) is 2. The maximum absolute atomic E-state index is 11.1. The monoisotopic (exact) mass is 289 g/mol. The molecule has 0 aliphatic carbocycles. The van der Waals surface area contributed by atoms with Gasteiger partial charge in [0.15, 0.2) is 0 Å².